The number of aromatic nitrogens is 1. The molecule has 4 nitrogen and oxygen atoms in total. The van der Waals surface area contributed by atoms with Gasteiger partial charge in [-0.05, 0) is 38.4 Å². The molecule has 3 rings (SSSR count). The number of nitrogens with zero attached hydrogens (tertiary/aromatic N) is 2. The van der Waals surface area contributed by atoms with E-state index in [0.717, 1.165) is 10.6 Å². The van der Waals surface area contributed by atoms with Crippen LogP contribution in [0.4, 0.5) is 0 Å². The maximum atomic E-state index is 10.9. The number of benzene rings is 1. The van der Waals surface area contributed by atoms with Crippen LogP contribution >= 0.6 is 11.3 Å². The Morgan fingerprint density at radius 3 is 2.52 bits per heavy atom. The smallest absolute Gasteiger partial charge is 0.355 e. The summed E-state index contributed by atoms with van der Waals surface area (Å²) in [5.74, 6) is -0.975. The van der Waals surface area contributed by atoms with Gasteiger partial charge in [0.05, 0.1) is 0 Å². The Balaban J connectivity index is 1.78. The molecule has 0 saturated carbocycles. The lowest BCUT2D eigenvalue weighted by Crippen LogP contribution is -2.23. The van der Waals surface area contributed by atoms with Gasteiger partial charge < -0.3 is 5.11 Å². The zero-order valence-electron chi connectivity index (χ0n) is 12.0. The summed E-state index contributed by atoms with van der Waals surface area (Å²) in [6, 6.07) is 8.76. The van der Waals surface area contributed by atoms with Crippen molar-refractivity contribution in [2.45, 2.75) is 25.8 Å². The van der Waals surface area contributed by atoms with Crippen LogP contribution in [-0.2, 0) is 0 Å². The number of thiazole rings is 1. The van der Waals surface area contributed by atoms with Gasteiger partial charge in [0.15, 0.2) is 5.69 Å². The summed E-state index contributed by atoms with van der Waals surface area (Å²) >= 11 is 1.37. The Kier molecular flexibility index (Phi) is 4.03. The number of hydrogen-bond donors (Lipinski definition) is 1. The van der Waals surface area contributed by atoms with E-state index >= 15 is 0 Å². The highest BCUT2D eigenvalue weighted by Gasteiger charge is 2.19. The molecular formula is C16H18N2O2S. The van der Waals surface area contributed by atoms with Gasteiger partial charge >= 0.3 is 5.97 Å². The largest absolute Gasteiger partial charge is 0.476 e. The third kappa shape index (κ3) is 2.99. The molecule has 0 unspecified atom stereocenters. The molecule has 1 atom stereocenters. The number of aromatic carboxylic acids is 1. The average Bonchev–Trinajstić information content (AvgIpc) is 3.18. The first-order chi connectivity index (χ1) is 10.1. The second-order valence-electron chi connectivity index (χ2n) is 5.38. The molecular weight excluding hydrogens is 284 g/mol. The number of likely N-dealkylation sites (tertiary alicyclic amines) is 1. The molecule has 2 aromatic rings. The lowest BCUT2D eigenvalue weighted by atomic mass is 10.1. The molecule has 2 heterocycles. The number of carboxylic acid groups (broad SMARTS) is 1. The Morgan fingerprint density at radius 2 is 1.95 bits per heavy atom. The highest BCUT2D eigenvalue weighted by Crippen LogP contribution is 2.28. The lowest BCUT2D eigenvalue weighted by molar-refractivity contribution is 0.0691. The second kappa shape index (κ2) is 5.95. The Morgan fingerprint density at radius 1 is 1.29 bits per heavy atom. The van der Waals surface area contributed by atoms with E-state index < -0.39 is 5.97 Å². The third-order valence-electron chi connectivity index (χ3n) is 4.05. The zero-order chi connectivity index (χ0) is 14.8. The van der Waals surface area contributed by atoms with E-state index in [1.165, 1.54) is 42.8 Å². The van der Waals surface area contributed by atoms with Crippen LogP contribution in [0.5, 0.6) is 0 Å². The fraction of sp³-hybridized carbons (Fsp3) is 0.375. The van der Waals surface area contributed by atoms with Crippen molar-refractivity contribution >= 4 is 17.3 Å². The van der Waals surface area contributed by atoms with Crippen molar-refractivity contribution < 1.29 is 9.90 Å². The van der Waals surface area contributed by atoms with E-state index in [4.69, 9.17) is 5.11 Å². The summed E-state index contributed by atoms with van der Waals surface area (Å²) in [4.78, 5) is 17.5. The summed E-state index contributed by atoms with van der Waals surface area (Å²) in [7, 11) is 0. The van der Waals surface area contributed by atoms with Crippen LogP contribution in [0, 0.1) is 0 Å². The van der Waals surface area contributed by atoms with Crippen LogP contribution in [0.3, 0.4) is 0 Å². The monoisotopic (exact) mass is 302 g/mol. The topological polar surface area (TPSA) is 53.4 Å². The zero-order valence-corrected chi connectivity index (χ0v) is 12.8. The van der Waals surface area contributed by atoms with Gasteiger partial charge in [-0.2, -0.15) is 0 Å². The lowest BCUT2D eigenvalue weighted by Gasteiger charge is -2.24. The second-order valence-corrected chi connectivity index (χ2v) is 6.24. The van der Waals surface area contributed by atoms with Crippen molar-refractivity contribution in [3.63, 3.8) is 0 Å². The average molecular weight is 302 g/mol. The summed E-state index contributed by atoms with van der Waals surface area (Å²) in [5, 5.41) is 11.3. The van der Waals surface area contributed by atoms with Crippen molar-refractivity contribution in [2.24, 2.45) is 0 Å². The van der Waals surface area contributed by atoms with Crippen LogP contribution in [-0.4, -0.2) is 34.0 Å². The fourth-order valence-electron chi connectivity index (χ4n) is 2.75. The minimum Gasteiger partial charge on any atom is -0.476 e. The number of carboxylic acids is 1. The van der Waals surface area contributed by atoms with Gasteiger partial charge in [0.2, 0.25) is 0 Å². The summed E-state index contributed by atoms with van der Waals surface area (Å²) in [6.45, 7) is 4.60. The van der Waals surface area contributed by atoms with E-state index in [1.807, 2.05) is 12.1 Å². The Labute approximate surface area is 128 Å². The van der Waals surface area contributed by atoms with Gasteiger partial charge in [0, 0.05) is 17.0 Å². The summed E-state index contributed by atoms with van der Waals surface area (Å²) in [5.41, 5.74) is 2.39. The molecule has 1 aromatic heterocycles. The third-order valence-corrected chi connectivity index (χ3v) is 4.94. The normalized spacial score (nSPS) is 17.0. The molecule has 5 heteroatoms. The minimum absolute atomic E-state index is 0.115. The van der Waals surface area contributed by atoms with Gasteiger partial charge in [0.1, 0.15) is 5.01 Å². The highest BCUT2D eigenvalue weighted by atomic mass is 32.1. The molecule has 1 fully saturated rings. The Bertz CT molecular complexity index is 630. The van der Waals surface area contributed by atoms with E-state index in [9.17, 15) is 4.79 Å². The maximum absolute atomic E-state index is 10.9. The minimum atomic E-state index is -0.975. The number of hydrogen-bond acceptors (Lipinski definition) is 4. The molecule has 0 radical (unpaired) electrons. The number of rotatable bonds is 4. The molecule has 0 spiro atoms. The number of carbonyl (C=O) groups is 1. The molecule has 0 amide bonds. The van der Waals surface area contributed by atoms with E-state index in [-0.39, 0.29) is 5.69 Å². The van der Waals surface area contributed by atoms with Gasteiger partial charge in [-0.25, -0.2) is 9.78 Å². The summed E-state index contributed by atoms with van der Waals surface area (Å²) in [6.07, 6.45) is 2.58. The van der Waals surface area contributed by atoms with Crippen molar-refractivity contribution in [1.82, 2.24) is 9.88 Å². The van der Waals surface area contributed by atoms with Crippen molar-refractivity contribution in [3.05, 3.63) is 40.9 Å². The standard InChI is InChI=1S/C16H18N2O2S/c1-11(18-8-2-3-9-18)12-4-6-13(7-5-12)15-17-14(10-21-15)16(19)20/h4-7,10-11H,2-3,8-9H2,1H3,(H,19,20)/t11-/m0/s1. The molecule has 1 saturated heterocycles. The molecule has 1 N–H and O–H groups in total. The van der Waals surface area contributed by atoms with Gasteiger partial charge in [-0.1, -0.05) is 24.3 Å². The van der Waals surface area contributed by atoms with Gasteiger partial charge in [0.25, 0.3) is 0 Å². The van der Waals surface area contributed by atoms with Gasteiger partial charge in [-0.15, -0.1) is 11.3 Å². The van der Waals surface area contributed by atoms with Crippen LogP contribution in [0.15, 0.2) is 29.6 Å². The predicted molar refractivity (Wildman–Crippen MR) is 83.7 cm³/mol. The maximum Gasteiger partial charge on any atom is 0.355 e. The first kappa shape index (κ1) is 14.2. The Hall–Kier alpha value is -1.72. The quantitative estimate of drug-likeness (QED) is 0.936. The molecule has 0 bridgehead atoms. The van der Waals surface area contributed by atoms with Crippen molar-refractivity contribution in [1.29, 1.82) is 0 Å². The fourth-order valence-corrected chi connectivity index (χ4v) is 3.55. The van der Waals surface area contributed by atoms with E-state index in [2.05, 4.69) is 28.9 Å². The van der Waals surface area contributed by atoms with Crippen LogP contribution < -0.4 is 0 Å². The molecule has 21 heavy (non-hydrogen) atoms. The summed E-state index contributed by atoms with van der Waals surface area (Å²) < 4.78 is 0. The highest BCUT2D eigenvalue weighted by molar-refractivity contribution is 7.13. The molecule has 1 aliphatic rings. The van der Waals surface area contributed by atoms with Crippen LogP contribution in [0.25, 0.3) is 10.6 Å². The van der Waals surface area contributed by atoms with Gasteiger partial charge in [-0.3, -0.25) is 4.90 Å². The molecule has 1 aliphatic heterocycles. The van der Waals surface area contributed by atoms with Crippen molar-refractivity contribution in [2.75, 3.05) is 13.1 Å². The first-order valence-corrected chi connectivity index (χ1v) is 8.06. The van der Waals surface area contributed by atoms with Crippen LogP contribution in [0.2, 0.25) is 0 Å². The first-order valence-electron chi connectivity index (χ1n) is 7.18. The van der Waals surface area contributed by atoms with Crippen molar-refractivity contribution in [3.8, 4) is 10.6 Å². The molecule has 0 aliphatic carbocycles. The SMILES string of the molecule is C[C@@H](c1ccc(-c2nc(C(=O)O)cs2)cc1)N1CCCC1. The molecule has 110 valence electrons. The van der Waals surface area contributed by atoms with E-state index in [1.54, 1.807) is 5.38 Å². The predicted octanol–water partition coefficient (Wildman–Crippen LogP) is 3.67. The molecule has 1 aromatic carbocycles. The van der Waals surface area contributed by atoms with E-state index in [0.29, 0.717) is 6.04 Å². The van der Waals surface area contributed by atoms with Crippen LogP contribution in [0.1, 0.15) is 41.9 Å².